The van der Waals surface area contributed by atoms with E-state index in [-0.39, 0.29) is 17.9 Å². The van der Waals surface area contributed by atoms with E-state index in [0.717, 1.165) is 24.8 Å². The van der Waals surface area contributed by atoms with E-state index in [4.69, 9.17) is 4.74 Å². The number of hydrogen-bond donors (Lipinski definition) is 1. The van der Waals surface area contributed by atoms with Gasteiger partial charge in [-0.1, -0.05) is 12.1 Å². The van der Waals surface area contributed by atoms with Crippen molar-refractivity contribution in [3.8, 4) is 5.75 Å². The van der Waals surface area contributed by atoms with Crippen LogP contribution in [0.15, 0.2) is 24.3 Å². The van der Waals surface area contributed by atoms with Crippen LogP contribution in [0.25, 0.3) is 0 Å². The Morgan fingerprint density at radius 3 is 2.75 bits per heavy atom. The first kappa shape index (κ1) is 14.7. The topological polar surface area (TPSA) is 49.8 Å². The van der Waals surface area contributed by atoms with Gasteiger partial charge in [0.25, 0.3) is 0 Å². The van der Waals surface area contributed by atoms with Crippen LogP contribution in [0.5, 0.6) is 5.75 Å². The van der Waals surface area contributed by atoms with Gasteiger partial charge in [0, 0.05) is 6.54 Å². The minimum atomic E-state index is -0.488. The smallest absolute Gasteiger partial charge is 0.410 e. The number of phenols is 1. The second-order valence-corrected chi connectivity index (χ2v) is 6.28. The average Bonchev–Trinajstić information content (AvgIpc) is 2.37. The van der Waals surface area contributed by atoms with Crippen LogP contribution in [0, 0.1) is 0 Å². The fourth-order valence-electron chi connectivity index (χ4n) is 2.55. The van der Waals surface area contributed by atoms with Gasteiger partial charge in [0.15, 0.2) is 0 Å². The molecular formula is C16H23NO3. The Morgan fingerprint density at radius 2 is 2.10 bits per heavy atom. The third-order valence-electron chi connectivity index (χ3n) is 3.39. The maximum Gasteiger partial charge on any atom is 0.410 e. The highest BCUT2D eigenvalue weighted by Crippen LogP contribution is 2.33. The zero-order valence-corrected chi connectivity index (χ0v) is 12.4. The number of ether oxygens (including phenoxy) is 1. The minimum absolute atomic E-state index is 0.00861. The lowest BCUT2D eigenvalue weighted by Gasteiger charge is -2.37. The van der Waals surface area contributed by atoms with Crippen molar-refractivity contribution in [3.05, 3.63) is 29.8 Å². The maximum absolute atomic E-state index is 12.3. The van der Waals surface area contributed by atoms with Gasteiger partial charge in [-0.15, -0.1) is 0 Å². The fourth-order valence-corrected chi connectivity index (χ4v) is 2.55. The summed E-state index contributed by atoms with van der Waals surface area (Å²) < 4.78 is 5.48. The highest BCUT2D eigenvalue weighted by atomic mass is 16.6. The standard InChI is InChI=1S/C16H23NO3/c1-16(2,3)20-15(19)17-10-5-4-9-14(17)12-7-6-8-13(18)11-12/h6-8,11,14,18H,4-5,9-10H2,1-3H3. The van der Waals surface area contributed by atoms with Crippen LogP contribution in [0.4, 0.5) is 4.79 Å². The molecule has 4 heteroatoms. The van der Waals surface area contributed by atoms with Crippen molar-refractivity contribution in [1.82, 2.24) is 4.90 Å². The molecule has 0 aliphatic carbocycles. The van der Waals surface area contributed by atoms with Gasteiger partial charge in [-0.2, -0.15) is 0 Å². The lowest BCUT2D eigenvalue weighted by Crippen LogP contribution is -2.41. The van der Waals surface area contributed by atoms with Crippen LogP contribution in [-0.4, -0.2) is 28.2 Å². The van der Waals surface area contributed by atoms with Gasteiger partial charge < -0.3 is 14.7 Å². The summed E-state index contributed by atoms with van der Waals surface area (Å²) in [7, 11) is 0. The zero-order valence-electron chi connectivity index (χ0n) is 12.4. The molecule has 1 saturated heterocycles. The summed E-state index contributed by atoms with van der Waals surface area (Å²) >= 11 is 0. The van der Waals surface area contributed by atoms with E-state index < -0.39 is 5.60 Å². The summed E-state index contributed by atoms with van der Waals surface area (Å²) in [6.07, 6.45) is 2.71. The Balaban J connectivity index is 2.19. The molecule has 1 aromatic rings. The predicted molar refractivity (Wildman–Crippen MR) is 77.6 cm³/mol. The summed E-state index contributed by atoms with van der Waals surface area (Å²) in [5.41, 5.74) is 0.480. The zero-order chi connectivity index (χ0) is 14.8. The molecule has 1 fully saturated rings. The van der Waals surface area contributed by atoms with Crippen molar-refractivity contribution in [3.63, 3.8) is 0 Å². The molecule has 0 bridgehead atoms. The van der Waals surface area contributed by atoms with E-state index in [9.17, 15) is 9.90 Å². The Morgan fingerprint density at radius 1 is 1.35 bits per heavy atom. The van der Waals surface area contributed by atoms with E-state index in [1.54, 1.807) is 17.0 Å². The predicted octanol–water partition coefficient (Wildman–Crippen LogP) is 3.85. The van der Waals surface area contributed by atoms with Gasteiger partial charge in [0.2, 0.25) is 0 Å². The molecule has 1 heterocycles. The Kier molecular flexibility index (Phi) is 4.21. The van der Waals surface area contributed by atoms with Crippen LogP contribution in [0.2, 0.25) is 0 Å². The molecule has 0 saturated carbocycles. The normalized spacial score (nSPS) is 19.8. The van der Waals surface area contributed by atoms with Gasteiger partial charge in [-0.3, -0.25) is 0 Å². The van der Waals surface area contributed by atoms with Crippen LogP contribution in [-0.2, 0) is 4.74 Å². The maximum atomic E-state index is 12.3. The summed E-state index contributed by atoms with van der Waals surface area (Å²) in [6.45, 7) is 6.32. The molecule has 1 aliphatic rings. The first-order valence-electron chi connectivity index (χ1n) is 7.15. The summed E-state index contributed by atoms with van der Waals surface area (Å²) in [5.74, 6) is 0.234. The van der Waals surface area contributed by atoms with Gasteiger partial charge in [0.1, 0.15) is 11.4 Å². The number of carbonyl (C=O) groups excluding carboxylic acids is 1. The molecule has 110 valence electrons. The molecule has 4 nitrogen and oxygen atoms in total. The number of phenolic OH excluding ortho intramolecular Hbond substituents is 1. The molecule has 1 aliphatic heterocycles. The quantitative estimate of drug-likeness (QED) is 0.848. The third kappa shape index (κ3) is 3.65. The molecular weight excluding hydrogens is 254 g/mol. The van der Waals surface area contributed by atoms with Gasteiger partial charge in [-0.05, 0) is 57.7 Å². The van der Waals surface area contributed by atoms with Crippen molar-refractivity contribution in [2.45, 2.75) is 51.7 Å². The Labute approximate surface area is 120 Å². The molecule has 1 atom stereocenters. The van der Waals surface area contributed by atoms with E-state index in [1.807, 2.05) is 32.9 Å². The SMILES string of the molecule is CC(C)(C)OC(=O)N1CCCCC1c1cccc(O)c1. The second kappa shape index (κ2) is 5.73. The molecule has 1 unspecified atom stereocenters. The summed E-state index contributed by atoms with van der Waals surface area (Å²) in [5, 5.41) is 9.62. The van der Waals surface area contributed by atoms with E-state index in [0.29, 0.717) is 6.54 Å². The lowest BCUT2D eigenvalue weighted by atomic mass is 9.95. The number of amides is 1. The molecule has 0 radical (unpaired) electrons. The molecule has 20 heavy (non-hydrogen) atoms. The highest BCUT2D eigenvalue weighted by molar-refractivity contribution is 5.69. The van der Waals surface area contributed by atoms with Gasteiger partial charge >= 0.3 is 6.09 Å². The molecule has 1 aromatic carbocycles. The molecule has 2 rings (SSSR count). The Hall–Kier alpha value is -1.71. The fraction of sp³-hybridized carbons (Fsp3) is 0.562. The first-order chi connectivity index (χ1) is 9.37. The van der Waals surface area contributed by atoms with Crippen molar-refractivity contribution >= 4 is 6.09 Å². The number of likely N-dealkylation sites (tertiary alicyclic amines) is 1. The highest BCUT2D eigenvalue weighted by Gasteiger charge is 2.31. The Bertz CT molecular complexity index is 479. The number of aromatic hydroxyl groups is 1. The number of rotatable bonds is 1. The second-order valence-electron chi connectivity index (χ2n) is 6.28. The molecule has 1 N–H and O–H groups in total. The van der Waals surface area contributed by atoms with E-state index in [1.165, 1.54) is 0 Å². The molecule has 1 amide bonds. The summed E-state index contributed by atoms with van der Waals surface area (Å²) in [4.78, 5) is 14.1. The lowest BCUT2D eigenvalue weighted by molar-refractivity contribution is 0.00948. The van der Waals surface area contributed by atoms with Crippen LogP contribution >= 0.6 is 0 Å². The van der Waals surface area contributed by atoms with Crippen LogP contribution in [0.1, 0.15) is 51.6 Å². The molecule has 0 spiro atoms. The van der Waals surface area contributed by atoms with Crippen LogP contribution < -0.4 is 0 Å². The first-order valence-corrected chi connectivity index (χ1v) is 7.15. The van der Waals surface area contributed by atoms with E-state index >= 15 is 0 Å². The number of hydrogen-bond acceptors (Lipinski definition) is 3. The van der Waals surface area contributed by atoms with E-state index in [2.05, 4.69) is 0 Å². The van der Waals surface area contributed by atoms with Gasteiger partial charge in [0.05, 0.1) is 6.04 Å². The van der Waals surface area contributed by atoms with Crippen molar-refractivity contribution < 1.29 is 14.6 Å². The molecule has 0 aromatic heterocycles. The van der Waals surface area contributed by atoms with Crippen LogP contribution in [0.3, 0.4) is 0 Å². The average molecular weight is 277 g/mol. The minimum Gasteiger partial charge on any atom is -0.508 e. The monoisotopic (exact) mass is 277 g/mol. The number of piperidine rings is 1. The largest absolute Gasteiger partial charge is 0.508 e. The van der Waals surface area contributed by atoms with Crippen molar-refractivity contribution in [1.29, 1.82) is 0 Å². The van der Waals surface area contributed by atoms with Crippen molar-refractivity contribution in [2.24, 2.45) is 0 Å². The third-order valence-corrected chi connectivity index (χ3v) is 3.39. The van der Waals surface area contributed by atoms with Gasteiger partial charge in [-0.25, -0.2) is 4.79 Å². The number of benzene rings is 1. The number of nitrogens with zero attached hydrogens (tertiary/aromatic N) is 1. The summed E-state index contributed by atoms with van der Waals surface area (Å²) in [6, 6.07) is 7.13. The number of carbonyl (C=O) groups is 1. The van der Waals surface area contributed by atoms with Crippen molar-refractivity contribution in [2.75, 3.05) is 6.54 Å².